The van der Waals surface area contributed by atoms with Crippen molar-refractivity contribution in [3.8, 4) is 5.88 Å². The van der Waals surface area contributed by atoms with Crippen LogP contribution >= 0.6 is 0 Å². The molecule has 0 bridgehead atoms. The molecule has 0 atom stereocenters. The largest absolute Gasteiger partial charge is 0.475 e. The van der Waals surface area contributed by atoms with Crippen LogP contribution in [0.3, 0.4) is 0 Å². The molecule has 0 aliphatic heterocycles. The van der Waals surface area contributed by atoms with Crippen molar-refractivity contribution in [2.45, 2.75) is 20.0 Å². The number of hydrogen-bond donors (Lipinski definition) is 1. The standard InChI is InChI=1S/C11H15NO2/c1-9(2)14-11-7-3-5-10(12-11)6-4-8-13/h3-7,9,13H,8H2,1-2H3/b6-4+. The molecule has 0 unspecified atom stereocenters. The second-order valence-corrected chi connectivity index (χ2v) is 3.15. The summed E-state index contributed by atoms with van der Waals surface area (Å²) in [4.78, 5) is 4.23. The summed E-state index contributed by atoms with van der Waals surface area (Å²) in [5, 5.41) is 8.60. The number of nitrogens with zero attached hydrogens (tertiary/aromatic N) is 1. The molecule has 3 nitrogen and oxygen atoms in total. The second kappa shape index (κ2) is 5.40. The quantitative estimate of drug-likeness (QED) is 0.793. The SMILES string of the molecule is CC(C)Oc1cccc(/C=C/CO)n1. The number of hydrogen-bond acceptors (Lipinski definition) is 3. The van der Waals surface area contributed by atoms with Crippen molar-refractivity contribution in [2.24, 2.45) is 0 Å². The number of aromatic nitrogens is 1. The van der Waals surface area contributed by atoms with Gasteiger partial charge in [-0.05, 0) is 26.0 Å². The molecule has 1 rings (SSSR count). The summed E-state index contributed by atoms with van der Waals surface area (Å²) in [6.45, 7) is 3.94. The van der Waals surface area contributed by atoms with Gasteiger partial charge in [0.1, 0.15) is 0 Å². The highest BCUT2D eigenvalue weighted by atomic mass is 16.5. The average Bonchev–Trinajstić information content (AvgIpc) is 2.14. The van der Waals surface area contributed by atoms with E-state index in [1.54, 1.807) is 12.2 Å². The summed E-state index contributed by atoms with van der Waals surface area (Å²) in [5.41, 5.74) is 0.789. The van der Waals surface area contributed by atoms with Gasteiger partial charge < -0.3 is 9.84 Å². The van der Waals surface area contributed by atoms with Crippen LogP contribution in [-0.2, 0) is 0 Å². The van der Waals surface area contributed by atoms with Gasteiger partial charge in [0.25, 0.3) is 0 Å². The summed E-state index contributed by atoms with van der Waals surface area (Å²) in [6, 6.07) is 5.55. The number of aliphatic hydroxyl groups excluding tert-OH is 1. The van der Waals surface area contributed by atoms with Crippen LogP contribution in [-0.4, -0.2) is 22.8 Å². The Labute approximate surface area is 84.1 Å². The molecule has 1 aromatic heterocycles. The molecule has 0 aliphatic carbocycles. The van der Waals surface area contributed by atoms with Crippen molar-refractivity contribution in [3.63, 3.8) is 0 Å². The molecule has 0 saturated heterocycles. The fraction of sp³-hybridized carbons (Fsp3) is 0.364. The van der Waals surface area contributed by atoms with Crippen LogP contribution in [0.5, 0.6) is 5.88 Å². The van der Waals surface area contributed by atoms with Gasteiger partial charge in [0, 0.05) is 6.07 Å². The molecule has 0 fully saturated rings. The van der Waals surface area contributed by atoms with Crippen LogP contribution in [0.2, 0.25) is 0 Å². The highest BCUT2D eigenvalue weighted by Gasteiger charge is 1.98. The van der Waals surface area contributed by atoms with Gasteiger partial charge in [-0.3, -0.25) is 0 Å². The molecule has 14 heavy (non-hydrogen) atoms. The molecule has 0 spiro atoms. The Morgan fingerprint density at radius 1 is 1.50 bits per heavy atom. The molecule has 0 aliphatic rings. The van der Waals surface area contributed by atoms with Crippen LogP contribution in [0.4, 0.5) is 0 Å². The van der Waals surface area contributed by atoms with E-state index in [4.69, 9.17) is 9.84 Å². The van der Waals surface area contributed by atoms with E-state index in [-0.39, 0.29) is 12.7 Å². The molecule has 76 valence electrons. The lowest BCUT2D eigenvalue weighted by molar-refractivity contribution is 0.232. The van der Waals surface area contributed by atoms with Crippen LogP contribution in [0.25, 0.3) is 6.08 Å². The first-order valence-corrected chi connectivity index (χ1v) is 4.63. The molecule has 0 aromatic carbocycles. The molecule has 1 N–H and O–H groups in total. The Kier molecular flexibility index (Phi) is 4.13. The zero-order chi connectivity index (χ0) is 10.4. The third-order valence-electron chi connectivity index (χ3n) is 1.50. The Bertz CT molecular complexity index is 308. The summed E-state index contributed by atoms with van der Waals surface area (Å²) < 4.78 is 5.43. The summed E-state index contributed by atoms with van der Waals surface area (Å²) >= 11 is 0. The van der Waals surface area contributed by atoms with Gasteiger partial charge in [0.2, 0.25) is 5.88 Å². The van der Waals surface area contributed by atoms with Crippen molar-refractivity contribution >= 4 is 6.08 Å². The summed E-state index contributed by atoms with van der Waals surface area (Å²) in [7, 11) is 0. The maximum atomic E-state index is 8.60. The van der Waals surface area contributed by atoms with Crippen molar-refractivity contribution in [3.05, 3.63) is 30.0 Å². The molecule has 1 aromatic rings. The predicted octanol–water partition coefficient (Wildman–Crippen LogP) is 1.87. The van der Waals surface area contributed by atoms with Gasteiger partial charge >= 0.3 is 0 Å². The van der Waals surface area contributed by atoms with E-state index in [9.17, 15) is 0 Å². The van der Waals surface area contributed by atoms with Crippen LogP contribution in [0, 0.1) is 0 Å². The van der Waals surface area contributed by atoms with Gasteiger partial charge in [-0.2, -0.15) is 0 Å². The zero-order valence-corrected chi connectivity index (χ0v) is 8.47. The molecule has 3 heteroatoms. The Balaban J connectivity index is 2.73. The lowest BCUT2D eigenvalue weighted by Gasteiger charge is -2.08. The highest BCUT2D eigenvalue weighted by Crippen LogP contribution is 2.10. The first kappa shape index (κ1) is 10.7. The summed E-state index contributed by atoms with van der Waals surface area (Å²) in [6.07, 6.45) is 3.52. The summed E-state index contributed by atoms with van der Waals surface area (Å²) in [5.74, 6) is 0.611. The predicted molar refractivity (Wildman–Crippen MR) is 56.1 cm³/mol. The number of ether oxygens (including phenoxy) is 1. The smallest absolute Gasteiger partial charge is 0.213 e. The second-order valence-electron chi connectivity index (χ2n) is 3.15. The molecule has 0 amide bonds. The van der Waals surface area contributed by atoms with E-state index in [0.717, 1.165) is 5.69 Å². The molecule has 0 radical (unpaired) electrons. The van der Waals surface area contributed by atoms with E-state index >= 15 is 0 Å². The third-order valence-corrected chi connectivity index (χ3v) is 1.50. The average molecular weight is 193 g/mol. The van der Waals surface area contributed by atoms with Crippen LogP contribution in [0.1, 0.15) is 19.5 Å². The number of rotatable bonds is 4. The van der Waals surface area contributed by atoms with E-state index in [0.29, 0.717) is 5.88 Å². The van der Waals surface area contributed by atoms with Crippen molar-refractivity contribution in [1.29, 1.82) is 0 Å². The Morgan fingerprint density at radius 2 is 2.29 bits per heavy atom. The van der Waals surface area contributed by atoms with Gasteiger partial charge in [0.05, 0.1) is 18.4 Å². The lowest BCUT2D eigenvalue weighted by atomic mass is 10.3. The van der Waals surface area contributed by atoms with Crippen molar-refractivity contribution in [1.82, 2.24) is 4.98 Å². The first-order chi connectivity index (χ1) is 6.72. The van der Waals surface area contributed by atoms with Crippen molar-refractivity contribution in [2.75, 3.05) is 6.61 Å². The van der Waals surface area contributed by atoms with E-state index in [2.05, 4.69) is 4.98 Å². The molecule has 0 saturated carbocycles. The number of pyridine rings is 1. The van der Waals surface area contributed by atoms with Gasteiger partial charge in [-0.1, -0.05) is 12.1 Å². The first-order valence-electron chi connectivity index (χ1n) is 4.63. The molecular formula is C11H15NO2. The lowest BCUT2D eigenvalue weighted by Crippen LogP contribution is -2.06. The van der Waals surface area contributed by atoms with E-state index in [1.807, 2.05) is 32.0 Å². The Morgan fingerprint density at radius 3 is 2.93 bits per heavy atom. The monoisotopic (exact) mass is 193 g/mol. The van der Waals surface area contributed by atoms with Gasteiger partial charge in [0.15, 0.2) is 0 Å². The van der Waals surface area contributed by atoms with Crippen molar-refractivity contribution < 1.29 is 9.84 Å². The maximum absolute atomic E-state index is 8.60. The van der Waals surface area contributed by atoms with E-state index in [1.165, 1.54) is 0 Å². The maximum Gasteiger partial charge on any atom is 0.213 e. The molecular weight excluding hydrogens is 178 g/mol. The van der Waals surface area contributed by atoms with Crippen LogP contribution in [0.15, 0.2) is 24.3 Å². The Hall–Kier alpha value is -1.35. The molecule has 1 heterocycles. The third kappa shape index (κ3) is 3.58. The van der Waals surface area contributed by atoms with Gasteiger partial charge in [-0.15, -0.1) is 0 Å². The van der Waals surface area contributed by atoms with Crippen LogP contribution < -0.4 is 4.74 Å². The van der Waals surface area contributed by atoms with E-state index < -0.39 is 0 Å². The minimum atomic E-state index is 0.0247. The van der Waals surface area contributed by atoms with Gasteiger partial charge in [-0.25, -0.2) is 4.98 Å². The minimum absolute atomic E-state index is 0.0247. The fourth-order valence-electron chi connectivity index (χ4n) is 1.00. The number of aliphatic hydroxyl groups is 1. The normalized spacial score (nSPS) is 11.1. The topological polar surface area (TPSA) is 42.4 Å². The zero-order valence-electron chi connectivity index (χ0n) is 8.47. The highest BCUT2D eigenvalue weighted by molar-refractivity contribution is 5.45. The minimum Gasteiger partial charge on any atom is -0.475 e. The fourth-order valence-corrected chi connectivity index (χ4v) is 1.00.